The molecule has 0 heterocycles. The summed E-state index contributed by atoms with van der Waals surface area (Å²) in [5.41, 5.74) is 0.656. The summed E-state index contributed by atoms with van der Waals surface area (Å²) >= 11 is 6.02. The first-order valence-electron chi connectivity index (χ1n) is 7.19. The Labute approximate surface area is 145 Å². The number of Topliss-reactive ketones (excluding diaryl/α,β-unsaturated/α-hetero) is 1. The van der Waals surface area contributed by atoms with Gasteiger partial charge in [0.2, 0.25) is 0 Å². The van der Waals surface area contributed by atoms with Crippen molar-refractivity contribution < 1.29 is 13.2 Å². The summed E-state index contributed by atoms with van der Waals surface area (Å²) in [7, 11) is -3.75. The molecule has 0 spiro atoms. The lowest BCUT2D eigenvalue weighted by molar-refractivity contribution is 0.101. The molecule has 0 radical (unpaired) electrons. The Morgan fingerprint density at radius 1 is 0.958 bits per heavy atom. The van der Waals surface area contributed by atoms with Crippen molar-refractivity contribution in [1.29, 1.82) is 0 Å². The molecule has 0 fully saturated rings. The number of carbonyl (C=O) groups excluding carboxylic acids is 1. The van der Waals surface area contributed by atoms with E-state index in [1.807, 2.05) is 24.3 Å². The van der Waals surface area contributed by atoms with E-state index in [0.29, 0.717) is 11.3 Å². The molecule has 3 aromatic rings. The van der Waals surface area contributed by atoms with Crippen LogP contribution in [0.1, 0.15) is 17.3 Å². The number of carbonyl (C=O) groups is 1. The van der Waals surface area contributed by atoms with Crippen molar-refractivity contribution in [3.05, 3.63) is 71.2 Å². The van der Waals surface area contributed by atoms with Gasteiger partial charge in [-0.3, -0.25) is 9.52 Å². The maximum absolute atomic E-state index is 12.6. The van der Waals surface area contributed by atoms with Crippen LogP contribution in [0.15, 0.2) is 65.6 Å². The SMILES string of the molecule is CC(=O)c1ccc(NS(=O)(=O)c2ccc3ccccc3c2)cc1Cl. The number of benzene rings is 3. The molecule has 0 unspecified atom stereocenters. The van der Waals surface area contributed by atoms with E-state index < -0.39 is 10.0 Å². The number of halogens is 1. The number of hydrogen-bond donors (Lipinski definition) is 1. The molecular weight excluding hydrogens is 346 g/mol. The van der Waals surface area contributed by atoms with Gasteiger partial charge in [0.1, 0.15) is 0 Å². The maximum Gasteiger partial charge on any atom is 0.261 e. The Balaban J connectivity index is 1.95. The molecule has 3 aromatic carbocycles. The Bertz CT molecular complexity index is 1050. The smallest absolute Gasteiger partial charge is 0.261 e. The summed E-state index contributed by atoms with van der Waals surface area (Å²) in [6, 6.07) is 16.9. The van der Waals surface area contributed by atoms with E-state index in [9.17, 15) is 13.2 Å². The third kappa shape index (κ3) is 3.27. The van der Waals surface area contributed by atoms with Crippen LogP contribution in [0.5, 0.6) is 0 Å². The van der Waals surface area contributed by atoms with Crippen molar-refractivity contribution in [2.75, 3.05) is 4.72 Å². The lowest BCUT2D eigenvalue weighted by Crippen LogP contribution is -2.13. The van der Waals surface area contributed by atoms with Gasteiger partial charge in [-0.1, -0.05) is 41.9 Å². The van der Waals surface area contributed by atoms with E-state index in [1.165, 1.54) is 25.1 Å². The maximum atomic E-state index is 12.6. The van der Waals surface area contributed by atoms with E-state index in [2.05, 4.69) is 4.72 Å². The third-order valence-electron chi connectivity index (χ3n) is 3.63. The summed E-state index contributed by atoms with van der Waals surface area (Å²) in [4.78, 5) is 11.5. The fourth-order valence-corrected chi connectivity index (χ4v) is 3.81. The molecule has 0 atom stereocenters. The highest BCUT2D eigenvalue weighted by atomic mass is 35.5. The number of anilines is 1. The molecule has 122 valence electrons. The molecule has 1 N–H and O–H groups in total. The molecule has 0 aromatic heterocycles. The van der Waals surface area contributed by atoms with Gasteiger partial charge in [0.15, 0.2) is 5.78 Å². The topological polar surface area (TPSA) is 63.2 Å². The molecule has 0 bridgehead atoms. The van der Waals surface area contributed by atoms with Gasteiger partial charge in [0.05, 0.1) is 15.6 Å². The average Bonchev–Trinajstić information content (AvgIpc) is 2.53. The minimum absolute atomic E-state index is 0.160. The first-order chi connectivity index (χ1) is 11.4. The number of fused-ring (bicyclic) bond motifs is 1. The number of nitrogens with one attached hydrogen (secondary N) is 1. The van der Waals surface area contributed by atoms with Gasteiger partial charge < -0.3 is 0 Å². The molecule has 0 aliphatic rings. The molecule has 0 aliphatic carbocycles. The van der Waals surface area contributed by atoms with Gasteiger partial charge in [0.25, 0.3) is 10.0 Å². The van der Waals surface area contributed by atoms with Crippen molar-refractivity contribution in [1.82, 2.24) is 0 Å². The highest BCUT2D eigenvalue weighted by Gasteiger charge is 2.16. The van der Waals surface area contributed by atoms with Crippen LogP contribution in [-0.4, -0.2) is 14.2 Å². The van der Waals surface area contributed by atoms with Gasteiger partial charge >= 0.3 is 0 Å². The van der Waals surface area contributed by atoms with E-state index >= 15 is 0 Å². The first-order valence-corrected chi connectivity index (χ1v) is 9.05. The van der Waals surface area contributed by atoms with Crippen LogP contribution in [-0.2, 0) is 10.0 Å². The fourth-order valence-electron chi connectivity index (χ4n) is 2.41. The Morgan fingerprint density at radius 2 is 1.67 bits per heavy atom. The van der Waals surface area contributed by atoms with Gasteiger partial charge in [0, 0.05) is 5.56 Å². The highest BCUT2D eigenvalue weighted by molar-refractivity contribution is 7.92. The molecule has 6 heteroatoms. The van der Waals surface area contributed by atoms with Crippen molar-refractivity contribution >= 4 is 43.9 Å². The van der Waals surface area contributed by atoms with Crippen LogP contribution in [0.2, 0.25) is 5.02 Å². The molecular formula is C18H14ClNO3S. The first kappa shape index (κ1) is 16.5. The number of hydrogen-bond acceptors (Lipinski definition) is 3. The molecule has 4 nitrogen and oxygen atoms in total. The van der Waals surface area contributed by atoms with Crippen molar-refractivity contribution in [2.24, 2.45) is 0 Å². The van der Waals surface area contributed by atoms with Crippen LogP contribution in [0.25, 0.3) is 10.8 Å². The summed E-state index contributed by atoms with van der Waals surface area (Å²) in [6.45, 7) is 1.40. The monoisotopic (exact) mass is 359 g/mol. The summed E-state index contributed by atoms with van der Waals surface area (Å²) in [6.07, 6.45) is 0. The molecule has 0 aliphatic heterocycles. The van der Waals surface area contributed by atoms with Gasteiger partial charge in [-0.05, 0) is 48.0 Å². The van der Waals surface area contributed by atoms with E-state index in [-0.39, 0.29) is 15.7 Å². The van der Waals surface area contributed by atoms with E-state index in [1.54, 1.807) is 18.2 Å². The van der Waals surface area contributed by atoms with Crippen molar-refractivity contribution in [2.45, 2.75) is 11.8 Å². The van der Waals surface area contributed by atoms with Gasteiger partial charge in [-0.15, -0.1) is 0 Å². The van der Waals surface area contributed by atoms with Crippen LogP contribution >= 0.6 is 11.6 Å². The predicted octanol–water partition coefficient (Wildman–Crippen LogP) is 4.50. The zero-order valence-corrected chi connectivity index (χ0v) is 14.4. The van der Waals surface area contributed by atoms with Crippen LogP contribution < -0.4 is 4.72 Å². The zero-order valence-electron chi connectivity index (χ0n) is 12.8. The van der Waals surface area contributed by atoms with Crippen LogP contribution in [0.3, 0.4) is 0 Å². The molecule has 3 rings (SSSR count). The second-order valence-electron chi connectivity index (χ2n) is 5.37. The minimum atomic E-state index is -3.75. The van der Waals surface area contributed by atoms with E-state index in [0.717, 1.165) is 10.8 Å². The average molecular weight is 360 g/mol. The Hall–Kier alpha value is -2.37. The number of rotatable bonds is 4. The molecule has 24 heavy (non-hydrogen) atoms. The second-order valence-corrected chi connectivity index (χ2v) is 7.45. The second kappa shape index (κ2) is 6.26. The normalized spacial score (nSPS) is 11.4. The fraction of sp³-hybridized carbons (Fsp3) is 0.0556. The third-order valence-corrected chi connectivity index (χ3v) is 5.32. The molecule has 0 amide bonds. The lowest BCUT2D eigenvalue weighted by Gasteiger charge is -2.10. The summed E-state index contributed by atoms with van der Waals surface area (Å²) in [5, 5.41) is 2.01. The standard InChI is InChI=1S/C18H14ClNO3S/c1-12(21)17-9-7-15(11-18(17)19)20-24(22,23)16-8-6-13-4-2-3-5-14(13)10-16/h2-11,20H,1H3. The van der Waals surface area contributed by atoms with Crippen molar-refractivity contribution in [3.8, 4) is 0 Å². The van der Waals surface area contributed by atoms with Crippen LogP contribution in [0.4, 0.5) is 5.69 Å². The Kier molecular flexibility index (Phi) is 4.30. The number of ketones is 1. The number of sulfonamides is 1. The largest absolute Gasteiger partial charge is 0.294 e. The molecule has 0 saturated carbocycles. The minimum Gasteiger partial charge on any atom is -0.294 e. The quantitative estimate of drug-likeness (QED) is 0.698. The van der Waals surface area contributed by atoms with Crippen LogP contribution in [0, 0.1) is 0 Å². The Morgan fingerprint density at radius 3 is 2.33 bits per heavy atom. The highest BCUT2D eigenvalue weighted by Crippen LogP contribution is 2.25. The van der Waals surface area contributed by atoms with Gasteiger partial charge in [-0.25, -0.2) is 8.42 Å². The van der Waals surface area contributed by atoms with Crippen molar-refractivity contribution in [3.63, 3.8) is 0 Å². The predicted molar refractivity (Wildman–Crippen MR) is 96.2 cm³/mol. The summed E-state index contributed by atoms with van der Waals surface area (Å²) in [5.74, 6) is -0.177. The van der Waals surface area contributed by atoms with E-state index in [4.69, 9.17) is 11.6 Å². The molecule has 0 saturated heterocycles. The van der Waals surface area contributed by atoms with Gasteiger partial charge in [-0.2, -0.15) is 0 Å². The lowest BCUT2D eigenvalue weighted by atomic mass is 10.1. The summed E-state index contributed by atoms with van der Waals surface area (Å²) < 4.78 is 27.6. The zero-order chi connectivity index (χ0) is 17.3.